The van der Waals surface area contributed by atoms with Crippen molar-refractivity contribution in [1.82, 2.24) is 5.32 Å². The van der Waals surface area contributed by atoms with Crippen LogP contribution < -0.4 is 5.32 Å². The molecule has 0 bridgehead atoms. The number of hydrogen-bond acceptors (Lipinski definition) is 5. The van der Waals surface area contributed by atoms with E-state index in [2.05, 4.69) is 5.32 Å². The van der Waals surface area contributed by atoms with E-state index in [1.54, 1.807) is 0 Å². The fourth-order valence-corrected chi connectivity index (χ4v) is 2.32. The van der Waals surface area contributed by atoms with E-state index in [0.717, 1.165) is 6.07 Å². The molecule has 0 saturated heterocycles. The third kappa shape index (κ3) is 3.96. The van der Waals surface area contributed by atoms with Crippen molar-refractivity contribution >= 4 is 16.0 Å². The maximum atomic E-state index is 12.8. The summed E-state index contributed by atoms with van der Waals surface area (Å²) < 4.78 is 43.9. The van der Waals surface area contributed by atoms with Crippen molar-refractivity contribution < 1.29 is 32.4 Å². The normalized spacial score (nSPS) is 11.2. The van der Waals surface area contributed by atoms with Crippen LogP contribution in [-0.4, -0.2) is 29.1 Å². The first kappa shape index (κ1) is 16.7. The van der Waals surface area contributed by atoms with Gasteiger partial charge in [-0.1, -0.05) is 12.1 Å². The van der Waals surface area contributed by atoms with Crippen molar-refractivity contribution in [2.45, 2.75) is 11.4 Å². The smallest absolute Gasteiger partial charge is 0.294 e. The highest BCUT2D eigenvalue weighted by Crippen LogP contribution is 2.32. The molecule has 0 unspecified atom stereocenters. The van der Waals surface area contributed by atoms with Gasteiger partial charge in [0.1, 0.15) is 5.82 Å². The van der Waals surface area contributed by atoms with Gasteiger partial charge in [0.2, 0.25) is 0 Å². The Hall–Kier alpha value is -2.65. The SMILES string of the molecule is O=C(NCc1ccc(F)cc1)c1cc(S(=O)(=O)O)cc(O)c1O. The second-order valence-electron chi connectivity index (χ2n) is 4.62. The lowest BCUT2D eigenvalue weighted by molar-refractivity contribution is 0.0947. The summed E-state index contributed by atoms with van der Waals surface area (Å²) in [7, 11) is -4.66. The molecule has 7 nitrogen and oxygen atoms in total. The number of aromatic hydroxyl groups is 2. The number of halogens is 1. The maximum Gasteiger partial charge on any atom is 0.294 e. The van der Waals surface area contributed by atoms with Crippen LogP contribution in [-0.2, 0) is 16.7 Å². The lowest BCUT2D eigenvalue weighted by atomic mass is 10.1. The molecule has 0 aliphatic carbocycles. The van der Waals surface area contributed by atoms with Crippen molar-refractivity contribution in [1.29, 1.82) is 0 Å². The average molecular weight is 341 g/mol. The van der Waals surface area contributed by atoms with Gasteiger partial charge in [-0.3, -0.25) is 9.35 Å². The highest BCUT2D eigenvalue weighted by atomic mass is 32.2. The molecule has 0 radical (unpaired) electrons. The number of carbonyl (C=O) groups is 1. The standard InChI is InChI=1S/C14H12FNO6S/c15-9-3-1-8(2-4-9)7-16-14(19)11-5-10(23(20,21)22)6-12(17)13(11)18/h1-6,17-18H,7H2,(H,16,19)(H,20,21,22). The van der Waals surface area contributed by atoms with Crippen molar-refractivity contribution in [2.75, 3.05) is 0 Å². The van der Waals surface area contributed by atoms with Gasteiger partial charge in [0.05, 0.1) is 10.5 Å². The van der Waals surface area contributed by atoms with E-state index in [1.165, 1.54) is 24.3 Å². The summed E-state index contributed by atoms with van der Waals surface area (Å²) >= 11 is 0. The molecule has 0 aromatic heterocycles. The third-order valence-corrected chi connectivity index (χ3v) is 3.80. The number of phenols is 2. The highest BCUT2D eigenvalue weighted by molar-refractivity contribution is 7.85. The lowest BCUT2D eigenvalue weighted by Gasteiger charge is -2.09. The summed E-state index contributed by atoms with van der Waals surface area (Å²) in [6.07, 6.45) is 0. The lowest BCUT2D eigenvalue weighted by Crippen LogP contribution is -2.23. The first-order valence-corrected chi connectivity index (χ1v) is 7.68. The predicted octanol–water partition coefficient (Wildman–Crippen LogP) is 1.41. The minimum atomic E-state index is -4.66. The minimum Gasteiger partial charge on any atom is -0.504 e. The zero-order valence-electron chi connectivity index (χ0n) is 11.5. The van der Waals surface area contributed by atoms with Gasteiger partial charge in [-0.25, -0.2) is 4.39 Å². The van der Waals surface area contributed by atoms with Crippen LogP contribution in [0.15, 0.2) is 41.3 Å². The third-order valence-electron chi connectivity index (χ3n) is 2.97. The maximum absolute atomic E-state index is 12.8. The summed E-state index contributed by atoms with van der Waals surface area (Å²) in [6.45, 7) is -0.0184. The first-order chi connectivity index (χ1) is 10.7. The second kappa shape index (κ2) is 6.23. The molecule has 0 saturated carbocycles. The molecule has 1 amide bonds. The van der Waals surface area contributed by atoms with Gasteiger partial charge in [0, 0.05) is 12.6 Å². The molecule has 23 heavy (non-hydrogen) atoms. The summed E-state index contributed by atoms with van der Waals surface area (Å²) in [6, 6.07) is 6.60. The van der Waals surface area contributed by atoms with Gasteiger partial charge in [0.15, 0.2) is 11.5 Å². The van der Waals surface area contributed by atoms with Crippen molar-refractivity contribution in [2.24, 2.45) is 0 Å². The molecule has 122 valence electrons. The Bertz CT molecular complexity index is 848. The number of rotatable bonds is 4. The molecule has 0 atom stereocenters. The fourth-order valence-electron chi connectivity index (χ4n) is 1.80. The number of phenolic OH excluding ortho intramolecular Hbond substituents is 2. The predicted molar refractivity (Wildman–Crippen MR) is 77.2 cm³/mol. The second-order valence-corrected chi connectivity index (χ2v) is 6.04. The van der Waals surface area contributed by atoms with E-state index >= 15 is 0 Å². The number of benzene rings is 2. The van der Waals surface area contributed by atoms with Gasteiger partial charge in [-0.05, 0) is 23.8 Å². The average Bonchev–Trinajstić information content (AvgIpc) is 2.48. The molecule has 0 aliphatic rings. The Morgan fingerprint density at radius 1 is 1.13 bits per heavy atom. The molecule has 0 fully saturated rings. The van der Waals surface area contributed by atoms with Crippen LogP contribution in [0.4, 0.5) is 4.39 Å². The number of nitrogens with one attached hydrogen (secondary N) is 1. The van der Waals surface area contributed by atoms with E-state index in [-0.39, 0.29) is 6.54 Å². The van der Waals surface area contributed by atoms with Crippen LogP contribution in [0.3, 0.4) is 0 Å². The highest BCUT2D eigenvalue weighted by Gasteiger charge is 2.20. The van der Waals surface area contributed by atoms with Gasteiger partial charge in [0.25, 0.3) is 16.0 Å². The summed E-state index contributed by atoms with van der Waals surface area (Å²) in [4.78, 5) is 11.3. The minimum absolute atomic E-state index is 0.0184. The van der Waals surface area contributed by atoms with Crippen molar-refractivity contribution in [3.63, 3.8) is 0 Å². The summed E-state index contributed by atoms with van der Waals surface area (Å²) in [5, 5.41) is 21.5. The van der Waals surface area contributed by atoms with Crippen molar-refractivity contribution in [3.8, 4) is 11.5 Å². The van der Waals surface area contributed by atoms with Gasteiger partial charge in [-0.15, -0.1) is 0 Å². The van der Waals surface area contributed by atoms with Gasteiger partial charge in [-0.2, -0.15) is 8.42 Å². The monoisotopic (exact) mass is 341 g/mol. The van der Waals surface area contributed by atoms with Crippen LogP contribution >= 0.6 is 0 Å². The van der Waals surface area contributed by atoms with Crippen molar-refractivity contribution in [3.05, 3.63) is 53.3 Å². The Morgan fingerprint density at radius 3 is 2.30 bits per heavy atom. The van der Waals surface area contributed by atoms with Crippen LogP contribution in [0.25, 0.3) is 0 Å². The number of amides is 1. The molecule has 4 N–H and O–H groups in total. The largest absolute Gasteiger partial charge is 0.504 e. The number of carbonyl (C=O) groups excluding carboxylic acids is 1. The van der Waals surface area contributed by atoms with E-state index < -0.39 is 43.8 Å². The topological polar surface area (TPSA) is 124 Å². The fraction of sp³-hybridized carbons (Fsp3) is 0.0714. The summed E-state index contributed by atoms with van der Waals surface area (Å²) in [5.74, 6) is -3.02. The molecule has 0 heterocycles. The Labute approximate surface area is 130 Å². The quantitative estimate of drug-likeness (QED) is 0.492. The summed E-state index contributed by atoms with van der Waals surface area (Å²) in [5.41, 5.74) is 0.0362. The molecule has 2 rings (SSSR count). The molecule has 0 spiro atoms. The number of hydrogen-bond donors (Lipinski definition) is 4. The van der Waals surface area contributed by atoms with Gasteiger partial charge >= 0.3 is 0 Å². The molecule has 2 aromatic carbocycles. The first-order valence-electron chi connectivity index (χ1n) is 6.24. The van der Waals surface area contributed by atoms with Crippen LogP contribution in [0.1, 0.15) is 15.9 Å². The Morgan fingerprint density at radius 2 is 1.74 bits per heavy atom. The molecule has 0 aliphatic heterocycles. The Balaban J connectivity index is 2.25. The van der Waals surface area contributed by atoms with E-state index in [0.29, 0.717) is 11.6 Å². The van der Waals surface area contributed by atoms with Gasteiger partial charge < -0.3 is 15.5 Å². The van der Waals surface area contributed by atoms with Crippen LogP contribution in [0.2, 0.25) is 0 Å². The molecule has 9 heteroatoms. The zero-order chi connectivity index (χ0) is 17.2. The van der Waals surface area contributed by atoms with E-state index in [9.17, 15) is 27.8 Å². The van der Waals surface area contributed by atoms with E-state index in [1.807, 2.05) is 0 Å². The van der Waals surface area contributed by atoms with Crippen LogP contribution in [0, 0.1) is 5.82 Å². The van der Waals surface area contributed by atoms with E-state index in [4.69, 9.17) is 4.55 Å². The zero-order valence-corrected chi connectivity index (χ0v) is 12.3. The molecule has 2 aromatic rings. The Kier molecular flexibility index (Phi) is 4.52. The molecular formula is C14H12FNO6S. The molecular weight excluding hydrogens is 329 g/mol. The van der Waals surface area contributed by atoms with Crippen LogP contribution in [0.5, 0.6) is 11.5 Å².